The van der Waals surface area contributed by atoms with Crippen LogP contribution in [0.2, 0.25) is 0 Å². The molecule has 0 saturated carbocycles. The number of amides is 3. The molecule has 0 aliphatic heterocycles. The minimum Gasteiger partial charge on any atom is -0.508 e. The van der Waals surface area contributed by atoms with E-state index < -0.39 is 18.4 Å². The minimum atomic E-state index is -0.853. The van der Waals surface area contributed by atoms with Gasteiger partial charge >= 0.3 is 0 Å². The van der Waals surface area contributed by atoms with Gasteiger partial charge in [0.2, 0.25) is 17.7 Å². The molecule has 8 N–H and O–H groups in total. The van der Waals surface area contributed by atoms with Crippen LogP contribution in [0.3, 0.4) is 0 Å². The third kappa shape index (κ3) is 14.8. The number of carbonyl (C=O) groups excluding carboxylic acids is 3. The van der Waals surface area contributed by atoms with Crippen LogP contribution in [0.5, 0.6) is 5.75 Å². The van der Waals surface area contributed by atoms with Crippen LogP contribution in [0.4, 0.5) is 0 Å². The van der Waals surface area contributed by atoms with E-state index in [0.717, 1.165) is 31.2 Å². The summed E-state index contributed by atoms with van der Waals surface area (Å²) in [4.78, 5) is 39.4. The first-order valence-electron chi connectivity index (χ1n) is 12.8. The lowest BCUT2D eigenvalue weighted by atomic mass is 10.0. The van der Waals surface area contributed by atoms with Crippen molar-refractivity contribution in [3.63, 3.8) is 0 Å². The van der Waals surface area contributed by atoms with E-state index in [1.54, 1.807) is 32.3 Å². The van der Waals surface area contributed by atoms with Crippen LogP contribution in [0.25, 0.3) is 0 Å². The van der Waals surface area contributed by atoms with Crippen LogP contribution in [-0.2, 0) is 20.8 Å². The molecular weight excluding hydrogens is 472 g/mol. The van der Waals surface area contributed by atoms with Crippen LogP contribution in [-0.4, -0.2) is 66.7 Å². The number of benzene rings is 1. The quantitative estimate of drug-likeness (QED) is 0.103. The highest BCUT2D eigenvalue weighted by atomic mass is 16.3. The lowest BCUT2D eigenvalue weighted by Gasteiger charge is -2.22. The monoisotopic (exact) mass is 516 g/mol. The number of rotatable bonds is 17. The zero-order valence-corrected chi connectivity index (χ0v) is 22.3. The maximum atomic E-state index is 13.3. The predicted octanol–water partition coefficient (Wildman–Crippen LogP) is 1.26. The Kier molecular flexibility index (Phi) is 15.6. The zero-order valence-electron chi connectivity index (χ0n) is 22.3. The van der Waals surface area contributed by atoms with Gasteiger partial charge in [-0.05, 0) is 56.0 Å². The number of aromatic hydroxyl groups is 1. The van der Waals surface area contributed by atoms with Crippen LogP contribution >= 0.6 is 0 Å². The van der Waals surface area contributed by atoms with Gasteiger partial charge in [0.05, 0.1) is 0 Å². The van der Waals surface area contributed by atoms with E-state index in [9.17, 15) is 19.5 Å². The largest absolute Gasteiger partial charge is 0.508 e. The van der Waals surface area contributed by atoms with Crippen molar-refractivity contribution in [1.29, 1.82) is 0 Å². The molecule has 0 heterocycles. The standard InChI is InChI=1S/C27H44N6O4/c1-4-5-6-7-8-11-24(35)32-23(19-20-12-15-22(34)16-13-20)26(37)31-21(10-9-18-30-27(28)29)14-17-25(36)33(2)3/h8,11-17,21,23,27,30,34H,4-7,9-10,18-19,28-29H2,1-3H3,(H,31,37)(H,32,35)/b11-8+,17-14+/t21-,23-/m0/s1. The second-order valence-corrected chi connectivity index (χ2v) is 9.16. The van der Waals surface area contributed by atoms with Crippen molar-refractivity contribution in [3.8, 4) is 5.75 Å². The third-order valence-electron chi connectivity index (χ3n) is 5.56. The van der Waals surface area contributed by atoms with Gasteiger partial charge in [0, 0.05) is 32.6 Å². The first-order valence-corrected chi connectivity index (χ1v) is 12.8. The molecule has 0 aliphatic carbocycles. The molecule has 10 heteroatoms. The van der Waals surface area contributed by atoms with Crippen molar-refractivity contribution in [2.24, 2.45) is 11.5 Å². The zero-order chi connectivity index (χ0) is 27.6. The summed E-state index contributed by atoms with van der Waals surface area (Å²) in [6.45, 7) is 2.65. The first kappa shape index (κ1) is 31.8. The average Bonchev–Trinajstić information content (AvgIpc) is 2.85. The molecule has 1 rings (SSSR count). The van der Waals surface area contributed by atoms with Gasteiger partial charge < -0.3 is 32.1 Å². The molecule has 206 valence electrons. The van der Waals surface area contributed by atoms with E-state index in [1.807, 2.05) is 6.08 Å². The van der Waals surface area contributed by atoms with E-state index in [4.69, 9.17) is 11.5 Å². The summed E-state index contributed by atoms with van der Waals surface area (Å²) >= 11 is 0. The number of phenolic OH excluding ortho intramolecular Hbond substituents is 1. The number of likely N-dealkylation sites (N-methyl/N-ethyl adjacent to an activating group) is 1. The molecule has 0 radical (unpaired) electrons. The van der Waals surface area contributed by atoms with Crippen LogP contribution < -0.4 is 27.4 Å². The minimum absolute atomic E-state index is 0.116. The Morgan fingerprint density at radius 3 is 2.35 bits per heavy atom. The number of hydrogen-bond donors (Lipinski definition) is 6. The summed E-state index contributed by atoms with van der Waals surface area (Å²) in [5.74, 6) is -0.823. The van der Waals surface area contributed by atoms with E-state index in [2.05, 4.69) is 22.9 Å². The molecule has 0 unspecified atom stereocenters. The third-order valence-corrected chi connectivity index (χ3v) is 5.56. The molecule has 37 heavy (non-hydrogen) atoms. The van der Waals surface area contributed by atoms with Crippen LogP contribution in [0.1, 0.15) is 51.0 Å². The van der Waals surface area contributed by atoms with Gasteiger partial charge in [0.1, 0.15) is 18.1 Å². The SMILES string of the molecule is CCCCC/C=C/C(=O)N[C@@H](Cc1ccc(O)cc1)C(=O)N[C@H](/C=C/C(=O)N(C)C)CCCNC(N)N. The van der Waals surface area contributed by atoms with Crippen molar-refractivity contribution >= 4 is 17.7 Å². The van der Waals surface area contributed by atoms with Gasteiger partial charge in [0.15, 0.2) is 0 Å². The highest BCUT2D eigenvalue weighted by Crippen LogP contribution is 2.12. The second-order valence-electron chi connectivity index (χ2n) is 9.16. The normalized spacial score (nSPS) is 13.1. The summed E-state index contributed by atoms with van der Waals surface area (Å²) in [6.07, 6.45) is 11.1. The van der Waals surface area contributed by atoms with E-state index >= 15 is 0 Å². The Labute approximate surface area is 220 Å². The van der Waals surface area contributed by atoms with Crippen LogP contribution in [0.15, 0.2) is 48.6 Å². The summed E-state index contributed by atoms with van der Waals surface area (Å²) in [6, 6.07) is 5.18. The molecule has 0 aromatic heterocycles. The molecule has 0 bridgehead atoms. The molecule has 2 atom stereocenters. The molecule has 0 aliphatic rings. The predicted molar refractivity (Wildman–Crippen MR) is 146 cm³/mol. The number of carbonyl (C=O) groups is 3. The topological polar surface area (TPSA) is 163 Å². The molecule has 0 spiro atoms. The Morgan fingerprint density at radius 1 is 1.03 bits per heavy atom. The molecule has 1 aromatic carbocycles. The highest BCUT2D eigenvalue weighted by Gasteiger charge is 2.23. The number of nitrogens with one attached hydrogen (secondary N) is 3. The lowest BCUT2D eigenvalue weighted by molar-refractivity contribution is -0.127. The summed E-state index contributed by atoms with van der Waals surface area (Å²) in [5.41, 5.74) is 11.8. The molecule has 3 amide bonds. The second kappa shape index (κ2) is 18.1. The number of nitrogens with two attached hydrogens (primary N) is 2. The molecule has 0 fully saturated rings. The first-order chi connectivity index (χ1) is 17.6. The van der Waals surface area contributed by atoms with Crippen molar-refractivity contribution in [2.75, 3.05) is 20.6 Å². The highest BCUT2D eigenvalue weighted by molar-refractivity contribution is 5.93. The Morgan fingerprint density at radius 2 is 1.73 bits per heavy atom. The Balaban J connectivity index is 2.97. The summed E-state index contributed by atoms with van der Waals surface area (Å²) < 4.78 is 0. The lowest BCUT2D eigenvalue weighted by Crippen LogP contribution is -2.50. The number of phenols is 1. The van der Waals surface area contributed by atoms with E-state index in [0.29, 0.717) is 19.4 Å². The van der Waals surface area contributed by atoms with Crippen molar-refractivity contribution in [3.05, 3.63) is 54.1 Å². The maximum Gasteiger partial charge on any atom is 0.245 e. The van der Waals surface area contributed by atoms with E-state index in [1.165, 1.54) is 29.2 Å². The fourth-order valence-corrected chi connectivity index (χ4v) is 3.44. The van der Waals surface area contributed by atoms with Crippen LogP contribution in [0, 0.1) is 0 Å². The van der Waals surface area contributed by atoms with Gasteiger partial charge in [0.25, 0.3) is 0 Å². The van der Waals surface area contributed by atoms with Gasteiger partial charge in [-0.25, -0.2) is 0 Å². The Bertz CT molecular complexity index is 883. The number of unbranched alkanes of at least 4 members (excludes halogenated alkanes) is 3. The van der Waals surface area contributed by atoms with Crippen molar-refractivity contribution < 1.29 is 19.5 Å². The Hall–Kier alpha value is -3.21. The fraction of sp³-hybridized carbons (Fsp3) is 0.519. The molecular formula is C27H44N6O4. The van der Waals surface area contributed by atoms with Crippen molar-refractivity contribution in [2.45, 2.75) is 70.2 Å². The molecule has 1 aromatic rings. The summed E-state index contributed by atoms with van der Waals surface area (Å²) in [7, 11) is 3.29. The smallest absolute Gasteiger partial charge is 0.245 e. The number of allylic oxidation sites excluding steroid dienone is 1. The fourth-order valence-electron chi connectivity index (χ4n) is 3.44. The summed E-state index contributed by atoms with van der Waals surface area (Å²) in [5, 5.41) is 18.2. The van der Waals surface area contributed by atoms with Gasteiger partial charge in [-0.2, -0.15) is 0 Å². The number of hydrogen-bond acceptors (Lipinski definition) is 7. The molecule has 0 saturated heterocycles. The van der Waals surface area contributed by atoms with Crippen molar-refractivity contribution in [1.82, 2.24) is 20.9 Å². The van der Waals surface area contributed by atoms with E-state index in [-0.39, 0.29) is 29.9 Å². The molecule has 10 nitrogen and oxygen atoms in total. The average molecular weight is 517 g/mol. The van der Waals surface area contributed by atoms with Gasteiger partial charge in [-0.15, -0.1) is 0 Å². The number of nitrogens with zero attached hydrogens (tertiary/aromatic N) is 1. The van der Waals surface area contributed by atoms with Gasteiger partial charge in [-0.3, -0.25) is 19.7 Å². The maximum absolute atomic E-state index is 13.3. The van der Waals surface area contributed by atoms with Gasteiger partial charge in [-0.1, -0.05) is 44.1 Å².